The zero-order valence-electron chi connectivity index (χ0n) is 18.8. The van der Waals surface area contributed by atoms with Crippen molar-refractivity contribution in [2.24, 2.45) is 0 Å². The summed E-state index contributed by atoms with van der Waals surface area (Å²) in [6.07, 6.45) is 1.10. The topological polar surface area (TPSA) is 177 Å². The monoisotopic (exact) mass is 500 g/mol. The lowest BCUT2D eigenvalue weighted by Gasteiger charge is -2.38. The Hall–Kier alpha value is -3.41. The van der Waals surface area contributed by atoms with Crippen molar-refractivity contribution in [3.63, 3.8) is 0 Å². The third-order valence-electron chi connectivity index (χ3n) is 6.61. The Bertz CT molecular complexity index is 1420. The van der Waals surface area contributed by atoms with Crippen molar-refractivity contribution in [1.29, 1.82) is 5.26 Å². The van der Waals surface area contributed by atoms with Gasteiger partial charge in [0, 0.05) is 25.5 Å². The fourth-order valence-electron chi connectivity index (χ4n) is 4.74. The first-order valence-electron chi connectivity index (χ1n) is 10.9. The van der Waals surface area contributed by atoms with Crippen LogP contribution in [0.15, 0.2) is 40.2 Å². The molecule has 5 N–H and O–H groups in total. The molecule has 2 atom stereocenters. The number of nitrogens with one attached hydrogen (secondary N) is 2. The highest BCUT2D eigenvalue weighted by Crippen LogP contribution is 2.58. The number of benzene rings is 1. The zero-order chi connectivity index (χ0) is 25.0. The van der Waals surface area contributed by atoms with Gasteiger partial charge in [-0.2, -0.15) is 10.4 Å². The van der Waals surface area contributed by atoms with Crippen LogP contribution < -0.4 is 10.9 Å². The molecule has 13 heteroatoms. The fraction of sp³-hybridized carbons (Fsp3) is 0.364. The van der Waals surface area contributed by atoms with Crippen molar-refractivity contribution in [3.05, 3.63) is 46.4 Å². The van der Waals surface area contributed by atoms with Gasteiger partial charge in [-0.05, 0) is 42.7 Å². The van der Waals surface area contributed by atoms with Gasteiger partial charge in [0.25, 0.3) is 5.56 Å². The van der Waals surface area contributed by atoms with Gasteiger partial charge in [-0.25, -0.2) is 9.10 Å². The van der Waals surface area contributed by atoms with Gasteiger partial charge >= 0.3 is 5.97 Å². The van der Waals surface area contributed by atoms with Gasteiger partial charge in [0.05, 0.1) is 35.0 Å². The standard InChI is InChI=1S/C22H24N6O6S/c1-27-11-13-10-14(2-3-17(13)35(27,32)33)25-19-18-15(5-9-24-20(18)29)28(26-19)22(7-8-23)6-4-16(21(30)31)34-12-22/h2-3,5,9-10,16,32-33H,4,6-7,11-12H2,1H3,(H,24,29)(H,25,26)(H,30,31). The maximum atomic E-state index is 12.8. The van der Waals surface area contributed by atoms with E-state index in [4.69, 9.17) is 4.74 Å². The number of aliphatic carboxylic acids is 1. The number of nitriles is 1. The van der Waals surface area contributed by atoms with Gasteiger partial charge in [-0.3, -0.25) is 18.6 Å². The lowest BCUT2D eigenvalue weighted by Crippen LogP contribution is -2.46. The first kappa shape index (κ1) is 23.3. The molecule has 1 fully saturated rings. The molecule has 1 saturated heterocycles. The van der Waals surface area contributed by atoms with Gasteiger partial charge in [0.15, 0.2) is 11.9 Å². The number of hydrogen-bond acceptors (Lipinski definition) is 9. The van der Waals surface area contributed by atoms with E-state index in [2.05, 4.69) is 21.5 Å². The van der Waals surface area contributed by atoms with E-state index in [0.717, 1.165) is 5.56 Å². The summed E-state index contributed by atoms with van der Waals surface area (Å²) >= 11 is 0. The van der Waals surface area contributed by atoms with Crippen LogP contribution in [-0.4, -0.2) is 59.0 Å². The molecule has 2 aliphatic heterocycles. The molecule has 2 unspecified atom stereocenters. The van der Waals surface area contributed by atoms with E-state index < -0.39 is 28.4 Å². The van der Waals surface area contributed by atoms with Crippen LogP contribution in [0, 0.1) is 11.3 Å². The van der Waals surface area contributed by atoms with Crippen molar-refractivity contribution >= 4 is 39.2 Å². The van der Waals surface area contributed by atoms with E-state index in [1.807, 2.05) is 0 Å². The molecule has 2 aromatic heterocycles. The van der Waals surface area contributed by atoms with Crippen molar-refractivity contribution in [1.82, 2.24) is 19.1 Å². The summed E-state index contributed by atoms with van der Waals surface area (Å²) in [4.78, 5) is 27.3. The lowest BCUT2D eigenvalue weighted by molar-refractivity contribution is -0.158. The summed E-state index contributed by atoms with van der Waals surface area (Å²) in [5, 5.41) is 27.0. The first-order chi connectivity index (χ1) is 16.7. The van der Waals surface area contributed by atoms with E-state index in [-0.39, 0.29) is 36.2 Å². The number of carbonyl (C=O) groups is 1. The van der Waals surface area contributed by atoms with Gasteiger partial charge in [0.2, 0.25) is 0 Å². The van der Waals surface area contributed by atoms with Crippen LogP contribution in [0.3, 0.4) is 0 Å². The number of fused-ring (bicyclic) bond motifs is 2. The van der Waals surface area contributed by atoms with E-state index in [0.29, 0.717) is 29.1 Å². The molecule has 3 aromatic rings. The van der Waals surface area contributed by atoms with E-state index in [9.17, 15) is 29.1 Å². The maximum Gasteiger partial charge on any atom is 0.332 e. The number of nitrogens with zero attached hydrogens (tertiary/aromatic N) is 4. The molecule has 4 heterocycles. The molecular formula is C22H24N6O6S. The van der Waals surface area contributed by atoms with Crippen LogP contribution in [0.25, 0.3) is 10.9 Å². The van der Waals surface area contributed by atoms with Gasteiger partial charge in [-0.15, -0.1) is 10.8 Å². The molecule has 5 rings (SSSR count). The summed E-state index contributed by atoms with van der Waals surface area (Å²) < 4.78 is 29.4. The third kappa shape index (κ3) is 3.76. The van der Waals surface area contributed by atoms with Crippen molar-refractivity contribution in [3.8, 4) is 6.07 Å². The Kier molecular flexibility index (Phi) is 5.58. The van der Waals surface area contributed by atoms with Crippen LogP contribution in [0.2, 0.25) is 0 Å². The summed E-state index contributed by atoms with van der Waals surface area (Å²) in [6.45, 7) is 0.319. The maximum absolute atomic E-state index is 12.8. The van der Waals surface area contributed by atoms with Crippen LogP contribution in [0.5, 0.6) is 0 Å². The van der Waals surface area contributed by atoms with E-state index in [1.54, 1.807) is 36.0 Å². The summed E-state index contributed by atoms with van der Waals surface area (Å²) in [5.41, 5.74) is 0.516. The van der Waals surface area contributed by atoms with E-state index >= 15 is 0 Å². The highest BCUT2D eigenvalue weighted by molar-refractivity contribution is 8.22. The largest absolute Gasteiger partial charge is 0.479 e. The van der Waals surface area contributed by atoms with Gasteiger partial charge in [0.1, 0.15) is 5.39 Å². The number of ether oxygens (including phenoxy) is 1. The summed E-state index contributed by atoms with van der Waals surface area (Å²) in [7, 11) is -1.37. The van der Waals surface area contributed by atoms with Crippen LogP contribution in [0.4, 0.5) is 11.5 Å². The predicted molar refractivity (Wildman–Crippen MR) is 127 cm³/mol. The Morgan fingerprint density at radius 2 is 2.23 bits per heavy atom. The average molecular weight is 501 g/mol. The number of aromatic nitrogens is 3. The molecule has 12 nitrogen and oxygen atoms in total. The number of pyridine rings is 1. The molecule has 0 aliphatic carbocycles. The first-order valence-corrected chi connectivity index (χ1v) is 12.4. The second-order valence-electron chi connectivity index (χ2n) is 8.82. The molecule has 0 amide bonds. The number of hydrogen-bond donors (Lipinski definition) is 5. The number of carboxylic acids is 1. The van der Waals surface area contributed by atoms with Crippen molar-refractivity contribution in [2.45, 2.75) is 42.3 Å². The van der Waals surface area contributed by atoms with Gasteiger partial charge < -0.3 is 20.1 Å². The number of anilines is 2. The van der Waals surface area contributed by atoms with Crippen molar-refractivity contribution < 1.29 is 23.7 Å². The van der Waals surface area contributed by atoms with Crippen LogP contribution in [-0.2, 0) is 21.6 Å². The SMILES string of the molecule is CN1Cc2cc(Nc3nn(C4(CC#N)CCC(C(=O)O)OC4)c4cc[nH]c(=O)c34)ccc2S1(O)O. The molecule has 0 saturated carbocycles. The third-order valence-corrected chi connectivity index (χ3v) is 8.59. The Balaban J connectivity index is 1.57. The Labute approximate surface area is 201 Å². The predicted octanol–water partition coefficient (Wildman–Crippen LogP) is 2.81. The number of aromatic amines is 1. The number of carboxylic acid groups (broad SMARTS) is 1. The molecule has 0 spiro atoms. The minimum absolute atomic E-state index is 0.0192. The second-order valence-corrected chi connectivity index (χ2v) is 10.9. The minimum atomic E-state index is -3.01. The molecule has 0 bridgehead atoms. The summed E-state index contributed by atoms with van der Waals surface area (Å²) in [6, 6.07) is 8.94. The normalized spacial score (nSPS) is 24.6. The quantitative estimate of drug-likeness (QED) is 0.350. The smallest absolute Gasteiger partial charge is 0.332 e. The van der Waals surface area contributed by atoms with Crippen molar-refractivity contribution in [2.75, 3.05) is 19.0 Å². The lowest BCUT2D eigenvalue weighted by atomic mass is 9.87. The molecule has 35 heavy (non-hydrogen) atoms. The zero-order valence-corrected chi connectivity index (χ0v) is 19.6. The highest BCUT2D eigenvalue weighted by atomic mass is 32.3. The number of rotatable bonds is 5. The Morgan fingerprint density at radius 1 is 1.43 bits per heavy atom. The molecule has 1 aromatic carbocycles. The van der Waals surface area contributed by atoms with Crippen LogP contribution >= 0.6 is 10.8 Å². The molecular weight excluding hydrogens is 476 g/mol. The average Bonchev–Trinajstić information content (AvgIpc) is 3.29. The Morgan fingerprint density at radius 3 is 2.91 bits per heavy atom. The highest BCUT2D eigenvalue weighted by Gasteiger charge is 2.42. The second kappa shape index (κ2) is 8.36. The molecule has 2 aliphatic rings. The van der Waals surface area contributed by atoms with Gasteiger partial charge in [-0.1, -0.05) is 0 Å². The minimum Gasteiger partial charge on any atom is -0.479 e. The van der Waals surface area contributed by atoms with Crippen LogP contribution in [0.1, 0.15) is 24.8 Å². The number of H-pyrrole nitrogens is 1. The fourth-order valence-corrected chi connectivity index (χ4v) is 6.12. The molecule has 184 valence electrons. The molecule has 0 radical (unpaired) electrons. The van der Waals surface area contributed by atoms with E-state index in [1.165, 1.54) is 10.5 Å². The summed E-state index contributed by atoms with van der Waals surface area (Å²) in [5.74, 6) is -0.795.